The first-order chi connectivity index (χ1) is 6.34. The van der Waals surface area contributed by atoms with Gasteiger partial charge < -0.3 is 5.32 Å². The Morgan fingerprint density at radius 3 is 2.69 bits per heavy atom. The molecule has 4 atom stereocenters. The second kappa shape index (κ2) is 2.34. The van der Waals surface area contributed by atoms with E-state index in [9.17, 15) is 4.79 Å². The Balaban J connectivity index is 2.15. The van der Waals surface area contributed by atoms with Crippen molar-refractivity contribution in [3.05, 3.63) is 36.5 Å². The Morgan fingerprint density at radius 1 is 1.00 bits per heavy atom. The molecule has 66 valence electrons. The van der Waals surface area contributed by atoms with E-state index < -0.39 is 0 Å². The van der Waals surface area contributed by atoms with Crippen LogP contribution >= 0.6 is 0 Å². The molecule has 0 aromatic heterocycles. The van der Waals surface area contributed by atoms with Crippen LogP contribution in [-0.2, 0) is 4.79 Å². The number of hydrogen-bond donors (Lipinski definition) is 1. The van der Waals surface area contributed by atoms with Gasteiger partial charge in [-0.15, -0.1) is 0 Å². The van der Waals surface area contributed by atoms with Crippen molar-refractivity contribution in [3.63, 3.8) is 0 Å². The first-order valence-corrected chi connectivity index (χ1v) is 4.70. The summed E-state index contributed by atoms with van der Waals surface area (Å²) in [5.41, 5.74) is 0. The predicted molar refractivity (Wildman–Crippen MR) is 49.8 cm³/mol. The van der Waals surface area contributed by atoms with E-state index in [-0.39, 0.29) is 17.9 Å². The van der Waals surface area contributed by atoms with Crippen LogP contribution in [0.4, 0.5) is 0 Å². The molecule has 1 heterocycles. The zero-order valence-corrected chi connectivity index (χ0v) is 7.18. The molecule has 0 aromatic rings. The smallest absolute Gasteiger partial charge is 0.228 e. The Morgan fingerprint density at radius 2 is 1.77 bits per heavy atom. The lowest BCUT2D eigenvalue weighted by molar-refractivity contribution is -0.121. The van der Waals surface area contributed by atoms with Crippen molar-refractivity contribution in [2.45, 2.75) is 6.04 Å². The number of nitrogens with one attached hydrogen (secondary N) is 1. The summed E-state index contributed by atoms with van der Waals surface area (Å²) >= 11 is 0. The quantitative estimate of drug-likeness (QED) is 0.545. The number of carbonyl (C=O) groups is 1. The molecule has 2 nitrogen and oxygen atoms in total. The van der Waals surface area contributed by atoms with E-state index >= 15 is 0 Å². The molecule has 3 aliphatic rings. The standard InChI is InChI=1S/C11H11NO/c13-11-9-5-2-7-1-4-8(9)10(12-11)6-3-7/h1-10H,(H,12,13)/t7-,8-,9-,10-/m1/s1. The first kappa shape index (κ1) is 7.13. The van der Waals surface area contributed by atoms with Crippen LogP contribution in [0.25, 0.3) is 0 Å². The maximum atomic E-state index is 11.5. The lowest BCUT2D eigenvalue weighted by Crippen LogP contribution is -2.25. The van der Waals surface area contributed by atoms with E-state index in [2.05, 4.69) is 35.7 Å². The van der Waals surface area contributed by atoms with Crippen molar-refractivity contribution in [1.82, 2.24) is 5.32 Å². The molecule has 1 saturated heterocycles. The summed E-state index contributed by atoms with van der Waals surface area (Å²) in [4.78, 5) is 11.5. The minimum absolute atomic E-state index is 0.0659. The SMILES string of the molecule is O=C1N[C@@H]2C=C[C@@H]3C=C[C@@H]2[C@H]1C=C3. The zero-order chi connectivity index (χ0) is 8.84. The third kappa shape index (κ3) is 0.916. The molecule has 0 aromatic carbocycles. The van der Waals surface area contributed by atoms with Crippen molar-refractivity contribution < 1.29 is 4.79 Å². The highest BCUT2D eigenvalue weighted by Crippen LogP contribution is 2.33. The van der Waals surface area contributed by atoms with E-state index in [4.69, 9.17) is 0 Å². The summed E-state index contributed by atoms with van der Waals surface area (Å²) in [5.74, 6) is 0.969. The fraction of sp³-hybridized carbons (Fsp3) is 0.364. The summed E-state index contributed by atoms with van der Waals surface area (Å²) in [5, 5.41) is 3.00. The summed E-state index contributed by atoms with van der Waals surface area (Å²) in [6.45, 7) is 0. The van der Waals surface area contributed by atoms with Crippen LogP contribution in [0.15, 0.2) is 36.5 Å². The highest BCUT2D eigenvalue weighted by atomic mass is 16.2. The zero-order valence-electron chi connectivity index (χ0n) is 7.18. The number of fused-ring (bicyclic) bond motifs is 1. The molecular weight excluding hydrogens is 162 g/mol. The Kier molecular flexibility index (Phi) is 1.29. The van der Waals surface area contributed by atoms with Gasteiger partial charge in [-0.05, 0) is 0 Å². The van der Waals surface area contributed by atoms with Gasteiger partial charge in [-0.1, -0.05) is 36.5 Å². The van der Waals surface area contributed by atoms with Gasteiger partial charge in [0.2, 0.25) is 5.91 Å². The van der Waals surface area contributed by atoms with Gasteiger partial charge >= 0.3 is 0 Å². The Labute approximate surface area is 77.0 Å². The highest BCUT2D eigenvalue weighted by molar-refractivity contribution is 5.84. The molecule has 1 aliphatic heterocycles. The summed E-state index contributed by atoms with van der Waals surface area (Å²) < 4.78 is 0. The monoisotopic (exact) mass is 173 g/mol. The van der Waals surface area contributed by atoms with Crippen molar-refractivity contribution >= 4 is 5.91 Å². The molecule has 2 aliphatic carbocycles. The second-order valence-electron chi connectivity index (χ2n) is 3.87. The molecule has 3 rings (SSSR count). The Bertz CT molecular complexity index is 332. The summed E-state index contributed by atoms with van der Waals surface area (Å²) in [6, 6.07) is 0.226. The fourth-order valence-electron chi connectivity index (χ4n) is 2.33. The molecule has 1 fully saturated rings. The Hall–Kier alpha value is -1.31. The van der Waals surface area contributed by atoms with Gasteiger partial charge in [0.05, 0.1) is 12.0 Å². The normalized spacial score (nSPS) is 44.8. The second-order valence-corrected chi connectivity index (χ2v) is 3.87. The van der Waals surface area contributed by atoms with Gasteiger partial charge in [0, 0.05) is 11.8 Å². The first-order valence-electron chi connectivity index (χ1n) is 4.70. The van der Waals surface area contributed by atoms with Gasteiger partial charge in [0.25, 0.3) is 0 Å². The van der Waals surface area contributed by atoms with E-state index in [1.165, 1.54) is 0 Å². The van der Waals surface area contributed by atoms with E-state index in [0.29, 0.717) is 11.8 Å². The van der Waals surface area contributed by atoms with E-state index in [0.717, 1.165) is 0 Å². The number of amides is 1. The van der Waals surface area contributed by atoms with Crippen LogP contribution in [0.1, 0.15) is 0 Å². The third-order valence-electron chi connectivity index (χ3n) is 3.08. The van der Waals surface area contributed by atoms with E-state index in [1.807, 2.05) is 6.08 Å². The number of rotatable bonds is 0. The van der Waals surface area contributed by atoms with Crippen molar-refractivity contribution in [1.29, 1.82) is 0 Å². The molecule has 0 saturated carbocycles. The minimum atomic E-state index is 0.0659. The van der Waals surface area contributed by atoms with Gasteiger partial charge in [0.1, 0.15) is 0 Å². The van der Waals surface area contributed by atoms with Gasteiger partial charge in [0.15, 0.2) is 0 Å². The molecule has 0 radical (unpaired) electrons. The lowest BCUT2D eigenvalue weighted by Gasteiger charge is -2.12. The van der Waals surface area contributed by atoms with E-state index in [1.54, 1.807) is 0 Å². The fourth-order valence-corrected chi connectivity index (χ4v) is 2.33. The number of hydrogen-bond acceptors (Lipinski definition) is 1. The van der Waals surface area contributed by atoms with Crippen LogP contribution in [-0.4, -0.2) is 11.9 Å². The van der Waals surface area contributed by atoms with Gasteiger partial charge in [-0.3, -0.25) is 4.79 Å². The average Bonchev–Trinajstić information content (AvgIpc) is 2.29. The number of allylic oxidation sites excluding steroid dienone is 3. The van der Waals surface area contributed by atoms with Crippen LogP contribution in [0, 0.1) is 17.8 Å². The lowest BCUT2D eigenvalue weighted by atomic mass is 9.90. The molecule has 13 heavy (non-hydrogen) atoms. The van der Waals surface area contributed by atoms with Crippen LogP contribution in [0.5, 0.6) is 0 Å². The molecule has 1 amide bonds. The molecule has 2 bridgehead atoms. The van der Waals surface area contributed by atoms with Crippen LogP contribution in [0.3, 0.4) is 0 Å². The largest absolute Gasteiger partial charge is 0.349 e. The minimum Gasteiger partial charge on any atom is -0.349 e. The van der Waals surface area contributed by atoms with Gasteiger partial charge in [-0.25, -0.2) is 0 Å². The van der Waals surface area contributed by atoms with Crippen LogP contribution in [0.2, 0.25) is 0 Å². The van der Waals surface area contributed by atoms with Crippen molar-refractivity contribution in [2.75, 3.05) is 0 Å². The number of carbonyl (C=O) groups excluding carboxylic acids is 1. The summed E-state index contributed by atoms with van der Waals surface area (Å²) in [7, 11) is 0. The third-order valence-corrected chi connectivity index (χ3v) is 3.08. The predicted octanol–water partition coefficient (Wildman–Crippen LogP) is 1.03. The van der Waals surface area contributed by atoms with Crippen molar-refractivity contribution in [3.8, 4) is 0 Å². The maximum Gasteiger partial charge on any atom is 0.228 e. The molecular formula is C11H11NO. The highest BCUT2D eigenvalue weighted by Gasteiger charge is 2.39. The molecule has 1 N–H and O–H groups in total. The van der Waals surface area contributed by atoms with Gasteiger partial charge in [-0.2, -0.15) is 0 Å². The molecule has 2 heteroatoms. The van der Waals surface area contributed by atoms with Crippen LogP contribution < -0.4 is 5.32 Å². The molecule has 0 unspecified atom stereocenters. The topological polar surface area (TPSA) is 29.1 Å². The molecule has 0 spiro atoms. The maximum absolute atomic E-state index is 11.5. The van der Waals surface area contributed by atoms with Crippen molar-refractivity contribution in [2.24, 2.45) is 17.8 Å². The average molecular weight is 173 g/mol. The summed E-state index contributed by atoms with van der Waals surface area (Å²) in [6.07, 6.45) is 12.8.